The normalized spacial score (nSPS) is 13.7. The van der Waals surface area contributed by atoms with Gasteiger partial charge in [-0.1, -0.05) is 38.3 Å². The van der Waals surface area contributed by atoms with Crippen molar-refractivity contribution in [2.45, 2.75) is 51.0 Å². The van der Waals surface area contributed by atoms with Crippen molar-refractivity contribution in [2.75, 3.05) is 0 Å². The van der Waals surface area contributed by atoms with Gasteiger partial charge in [0.15, 0.2) is 0 Å². The minimum absolute atomic E-state index is 0.0298. The molecule has 0 aromatic carbocycles. The Morgan fingerprint density at radius 1 is 1.30 bits per heavy atom. The Morgan fingerprint density at radius 2 is 1.95 bits per heavy atom. The van der Waals surface area contributed by atoms with Crippen LogP contribution < -0.4 is 10.3 Å². The van der Waals surface area contributed by atoms with E-state index in [4.69, 9.17) is 11.6 Å². The summed E-state index contributed by atoms with van der Waals surface area (Å²) in [5.41, 5.74) is -0.504. The molecule has 0 bridgehead atoms. The molecule has 1 unspecified atom stereocenters. The average Bonchev–Trinajstić information content (AvgIpc) is 2.31. The molecule has 0 fully saturated rings. The van der Waals surface area contributed by atoms with E-state index in [0.29, 0.717) is 5.92 Å². The van der Waals surface area contributed by atoms with E-state index < -0.39 is 15.6 Å². The third-order valence-corrected chi connectivity index (χ3v) is 4.77. The highest BCUT2D eigenvalue weighted by Crippen LogP contribution is 2.13. The van der Waals surface area contributed by atoms with Crippen molar-refractivity contribution in [2.24, 2.45) is 5.92 Å². The molecule has 0 spiro atoms. The lowest BCUT2D eigenvalue weighted by Crippen LogP contribution is -2.33. The zero-order valence-electron chi connectivity index (χ0n) is 11.9. The van der Waals surface area contributed by atoms with Gasteiger partial charge in [-0.05, 0) is 25.3 Å². The average molecular weight is 321 g/mol. The van der Waals surface area contributed by atoms with E-state index in [0.717, 1.165) is 31.5 Å². The van der Waals surface area contributed by atoms with Crippen LogP contribution in [-0.4, -0.2) is 19.4 Å². The summed E-state index contributed by atoms with van der Waals surface area (Å²) in [6, 6.07) is 0.994. The Hall–Kier alpha value is -0.850. The number of halogens is 1. The van der Waals surface area contributed by atoms with Crippen LogP contribution in [0.15, 0.2) is 22.0 Å². The first-order chi connectivity index (χ1) is 9.22. The molecule has 0 saturated heterocycles. The van der Waals surface area contributed by atoms with Crippen LogP contribution in [0.3, 0.4) is 0 Å². The molecule has 0 aliphatic heterocycles. The first-order valence-electron chi connectivity index (χ1n) is 6.63. The summed E-state index contributed by atoms with van der Waals surface area (Å²) in [5, 5.41) is -0.139. The Morgan fingerprint density at radius 3 is 2.50 bits per heavy atom. The number of aromatic nitrogens is 1. The Bertz CT molecular complexity index is 596. The first kappa shape index (κ1) is 17.2. The SMILES string of the molecule is CC(C)CCCC(C)NS(=O)(=O)c1c[nH]c(=O)c(Cl)c1. The minimum Gasteiger partial charge on any atom is -0.326 e. The molecule has 1 aromatic rings. The van der Waals surface area contributed by atoms with Gasteiger partial charge in [0.25, 0.3) is 5.56 Å². The van der Waals surface area contributed by atoms with E-state index in [1.165, 1.54) is 0 Å². The van der Waals surface area contributed by atoms with Gasteiger partial charge in [-0.25, -0.2) is 13.1 Å². The maximum atomic E-state index is 12.1. The van der Waals surface area contributed by atoms with E-state index in [1.807, 2.05) is 6.92 Å². The summed E-state index contributed by atoms with van der Waals surface area (Å²) in [5.74, 6) is 0.608. The van der Waals surface area contributed by atoms with Crippen LogP contribution in [0.4, 0.5) is 0 Å². The number of hydrogen-bond donors (Lipinski definition) is 2. The lowest BCUT2D eigenvalue weighted by Gasteiger charge is -2.14. The number of H-pyrrole nitrogens is 1. The number of rotatable bonds is 7. The van der Waals surface area contributed by atoms with Crippen molar-refractivity contribution in [3.8, 4) is 0 Å². The highest BCUT2D eigenvalue weighted by Gasteiger charge is 2.18. The largest absolute Gasteiger partial charge is 0.326 e. The fraction of sp³-hybridized carbons (Fsp3) is 0.615. The summed E-state index contributed by atoms with van der Waals surface area (Å²) in [6.07, 6.45) is 3.95. The number of sulfonamides is 1. The van der Waals surface area contributed by atoms with Crippen LogP contribution in [0.5, 0.6) is 0 Å². The van der Waals surface area contributed by atoms with Gasteiger partial charge in [0.1, 0.15) is 5.02 Å². The summed E-state index contributed by atoms with van der Waals surface area (Å²) in [4.78, 5) is 13.4. The van der Waals surface area contributed by atoms with Crippen molar-refractivity contribution in [3.05, 3.63) is 27.6 Å². The number of nitrogens with one attached hydrogen (secondary N) is 2. The second-order valence-electron chi connectivity index (χ2n) is 5.36. The Balaban J connectivity index is 2.69. The highest BCUT2D eigenvalue weighted by atomic mass is 35.5. The molecule has 114 valence electrons. The van der Waals surface area contributed by atoms with E-state index in [9.17, 15) is 13.2 Å². The minimum atomic E-state index is -3.65. The molecule has 20 heavy (non-hydrogen) atoms. The predicted molar refractivity (Wildman–Crippen MR) is 80.5 cm³/mol. The Labute approximate surface area is 124 Å². The molecule has 0 aliphatic rings. The molecule has 1 atom stereocenters. The molecule has 0 aliphatic carbocycles. The maximum Gasteiger partial charge on any atom is 0.266 e. The van der Waals surface area contributed by atoms with E-state index in [-0.39, 0.29) is 16.0 Å². The monoisotopic (exact) mass is 320 g/mol. The lowest BCUT2D eigenvalue weighted by molar-refractivity contribution is 0.488. The fourth-order valence-electron chi connectivity index (χ4n) is 1.82. The van der Waals surface area contributed by atoms with E-state index in [2.05, 4.69) is 23.6 Å². The van der Waals surface area contributed by atoms with Crippen LogP contribution in [-0.2, 0) is 10.0 Å². The van der Waals surface area contributed by atoms with Gasteiger partial charge in [-0.3, -0.25) is 4.79 Å². The van der Waals surface area contributed by atoms with Gasteiger partial charge in [0.05, 0.1) is 4.90 Å². The topological polar surface area (TPSA) is 79.0 Å². The molecule has 0 saturated carbocycles. The van der Waals surface area contributed by atoms with Crippen LogP contribution in [0.25, 0.3) is 0 Å². The van der Waals surface area contributed by atoms with Crippen molar-refractivity contribution in [1.29, 1.82) is 0 Å². The van der Waals surface area contributed by atoms with Gasteiger partial charge in [-0.15, -0.1) is 0 Å². The van der Waals surface area contributed by atoms with Crippen molar-refractivity contribution < 1.29 is 8.42 Å². The fourth-order valence-corrected chi connectivity index (χ4v) is 3.32. The van der Waals surface area contributed by atoms with Crippen LogP contribution in [0.1, 0.15) is 40.0 Å². The van der Waals surface area contributed by atoms with Gasteiger partial charge in [0.2, 0.25) is 10.0 Å². The molecular formula is C13H21ClN2O3S. The zero-order chi connectivity index (χ0) is 15.3. The predicted octanol–water partition coefficient (Wildman–Crippen LogP) is 2.52. The number of aromatic amines is 1. The quantitative estimate of drug-likeness (QED) is 0.810. The van der Waals surface area contributed by atoms with Gasteiger partial charge < -0.3 is 4.98 Å². The smallest absolute Gasteiger partial charge is 0.266 e. The van der Waals surface area contributed by atoms with Crippen LogP contribution in [0.2, 0.25) is 5.02 Å². The van der Waals surface area contributed by atoms with E-state index in [1.54, 1.807) is 0 Å². The second kappa shape index (κ2) is 7.24. The molecule has 1 aromatic heterocycles. The van der Waals surface area contributed by atoms with E-state index >= 15 is 0 Å². The van der Waals surface area contributed by atoms with Crippen molar-refractivity contribution in [3.63, 3.8) is 0 Å². The summed E-state index contributed by atoms with van der Waals surface area (Å²) < 4.78 is 26.8. The highest BCUT2D eigenvalue weighted by molar-refractivity contribution is 7.89. The van der Waals surface area contributed by atoms with Gasteiger partial charge in [0, 0.05) is 12.2 Å². The molecule has 1 heterocycles. The third-order valence-electron chi connectivity index (χ3n) is 2.92. The van der Waals surface area contributed by atoms with Crippen molar-refractivity contribution in [1.82, 2.24) is 9.71 Å². The van der Waals surface area contributed by atoms with Crippen LogP contribution >= 0.6 is 11.6 Å². The maximum absolute atomic E-state index is 12.1. The standard InChI is InChI=1S/C13H21ClN2O3S/c1-9(2)5-4-6-10(3)16-20(18,19)11-7-12(14)13(17)15-8-11/h7-10,16H,4-6H2,1-3H3,(H,15,17). The lowest BCUT2D eigenvalue weighted by atomic mass is 10.0. The molecule has 2 N–H and O–H groups in total. The van der Waals surface area contributed by atoms with Gasteiger partial charge in [-0.2, -0.15) is 0 Å². The molecule has 0 amide bonds. The number of hydrogen-bond acceptors (Lipinski definition) is 3. The molecular weight excluding hydrogens is 300 g/mol. The summed E-state index contributed by atoms with van der Waals surface area (Å²) in [7, 11) is -3.65. The summed E-state index contributed by atoms with van der Waals surface area (Å²) >= 11 is 5.64. The van der Waals surface area contributed by atoms with Crippen molar-refractivity contribution >= 4 is 21.6 Å². The molecule has 0 radical (unpaired) electrons. The Kier molecular flexibility index (Phi) is 6.23. The third kappa shape index (κ3) is 5.26. The summed E-state index contributed by atoms with van der Waals surface area (Å²) in [6.45, 7) is 6.10. The number of pyridine rings is 1. The molecule has 1 rings (SSSR count). The molecule has 7 heteroatoms. The van der Waals surface area contributed by atoms with Crippen LogP contribution in [0, 0.1) is 5.92 Å². The van der Waals surface area contributed by atoms with Gasteiger partial charge >= 0.3 is 0 Å². The molecule has 5 nitrogen and oxygen atoms in total. The zero-order valence-corrected chi connectivity index (χ0v) is 13.5. The first-order valence-corrected chi connectivity index (χ1v) is 8.49. The second-order valence-corrected chi connectivity index (χ2v) is 7.48.